The second-order valence-electron chi connectivity index (χ2n) is 3.44. The van der Waals surface area contributed by atoms with Crippen molar-refractivity contribution in [2.24, 2.45) is 0 Å². The zero-order valence-corrected chi connectivity index (χ0v) is 9.50. The summed E-state index contributed by atoms with van der Waals surface area (Å²) in [5, 5.41) is 11.7. The molecular formula is C12H18FNO2. The van der Waals surface area contributed by atoms with Crippen LogP contribution in [-0.4, -0.2) is 24.9 Å². The number of aliphatic hydroxyl groups is 1. The SMILES string of the molecule is CCOc1ccc(NCCCCO)cc1F. The minimum atomic E-state index is -0.353. The lowest BCUT2D eigenvalue weighted by atomic mass is 10.2. The number of ether oxygens (including phenoxy) is 1. The molecule has 0 atom stereocenters. The summed E-state index contributed by atoms with van der Waals surface area (Å²) in [6, 6.07) is 4.82. The van der Waals surface area contributed by atoms with Gasteiger partial charge in [0.15, 0.2) is 11.6 Å². The highest BCUT2D eigenvalue weighted by molar-refractivity contribution is 5.47. The second kappa shape index (κ2) is 7.06. The molecule has 90 valence electrons. The van der Waals surface area contributed by atoms with Gasteiger partial charge in [-0.3, -0.25) is 0 Å². The van der Waals surface area contributed by atoms with E-state index in [9.17, 15) is 4.39 Å². The van der Waals surface area contributed by atoms with E-state index in [2.05, 4.69) is 5.32 Å². The monoisotopic (exact) mass is 227 g/mol. The largest absolute Gasteiger partial charge is 0.491 e. The fraction of sp³-hybridized carbons (Fsp3) is 0.500. The predicted molar refractivity (Wildman–Crippen MR) is 62.4 cm³/mol. The number of benzene rings is 1. The van der Waals surface area contributed by atoms with E-state index >= 15 is 0 Å². The standard InChI is InChI=1S/C12H18FNO2/c1-2-16-12-6-5-10(9-11(12)13)14-7-3-4-8-15/h5-6,9,14-15H,2-4,7-8H2,1H3. The van der Waals surface area contributed by atoms with E-state index in [4.69, 9.17) is 9.84 Å². The smallest absolute Gasteiger partial charge is 0.167 e. The maximum atomic E-state index is 13.4. The third kappa shape index (κ3) is 4.06. The molecule has 0 bridgehead atoms. The molecule has 3 nitrogen and oxygen atoms in total. The molecule has 0 spiro atoms. The van der Waals surface area contributed by atoms with Crippen LogP contribution in [-0.2, 0) is 0 Å². The van der Waals surface area contributed by atoms with Crippen molar-refractivity contribution in [3.8, 4) is 5.75 Å². The zero-order chi connectivity index (χ0) is 11.8. The fourth-order valence-electron chi connectivity index (χ4n) is 1.35. The number of hydrogen-bond donors (Lipinski definition) is 2. The molecule has 2 N–H and O–H groups in total. The Balaban J connectivity index is 2.46. The van der Waals surface area contributed by atoms with Crippen molar-refractivity contribution in [3.05, 3.63) is 24.0 Å². The third-order valence-electron chi connectivity index (χ3n) is 2.15. The van der Waals surface area contributed by atoms with Crippen molar-refractivity contribution >= 4 is 5.69 Å². The van der Waals surface area contributed by atoms with Crippen molar-refractivity contribution in [2.45, 2.75) is 19.8 Å². The van der Waals surface area contributed by atoms with E-state index in [-0.39, 0.29) is 18.2 Å². The van der Waals surface area contributed by atoms with Crippen LogP contribution in [0.2, 0.25) is 0 Å². The van der Waals surface area contributed by atoms with Gasteiger partial charge in [-0.2, -0.15) is 0 Å². The molecule has 0 aliphatic carbocycles. The topological polar surface area (TPSA) is 41.5 Å². The summed E-state index contributed by atoms with van der Waals surface area (Å²) < 4.78 is 18.5. The minimum absolute atomic E-state index is 0.194. The van der Waals surface area contributed by atoms with Crippen LogP contribution < -0.4 is 10.1 Å². The van der Waals surface area contributed by atoms with Crippen LogP contribution in [0.4, 0.5) is 10.1 Å². The normalized spacial score (nSPS) is 10.2. The van der Waals surface area contributed by atoms with Gasteiger partial charge in [0.2, 0.25) is 0 Å². The van der Waals surface area contributed by atoms with Gasteiger partial charge in [0.25, 0.3) is 0 Å². The fourth-order valence-corrected chi connectivity index (χ4v) is 1.35. The Morgan fingerprint density at radius 1 is 1.38 bits per heavy atom. The van der Waals surface area contributed by atoms with Crippen LogP contribution in [0.1, 0.15) is 19.8 Å². The summed E-state index contributed by atoms with van der Waals surface area (Å²) in [5.41, 5.74) is 0.735. The molecule has 0 unspecified atom stereocenters. The number of hydrogen-bond acceptors (Lipinski definition) is 3. The second-order valence-corrected chi connectivity index (χ2v) is 3.44. The maximum absolute atomic E-state index is 13.4. The van der Waals surface area contributed by atoms with Crippen LogP contribution in [0.15, 0.2) is 18.2 Å². The lowest BCUT2D eigenvalue weighted by Crippen LogP contribution is -2.03. The average Bonchev–Trinajstić information content (AvgIpc) is 2.28. The minimum Gasteiger partial charge on any atom is -0.491 e. The number of anilines is 1. The van der Waals surface area contributed by atoms with E-state index < -0.39 is 0 Å². The predicted octanol–water partition coefficient (Wildman–Crippen LogP) is 2.41. The van der Waals surface area contributed by atoms with Crippen LogP contribution >= 0.6 is 0 Å². The number of nitrogens with one attached hydrogen (secondary N) is 1. The van der Waals surface area contributed by atoms with Crippen LogP contribution in [0, 0.1) is 5.82 Å². The summed E-state index contributed by atoms with van der Waals surface area (Å²) in [6.45, 7) is 3.20. The van der Waals surface area contributed by atoms with Gasteiger partial charge in [0.05, 0.1) is 6.61 Å². The zero-order valence-electron chi connectivity index (χ0n) is 9.50. The van der Waals surface area contributed by atoms with Crippen molar-refractivity contribution in [1.29, 1.82) is 0 Å². The molecule has 0 amide bonds. The summed E-state index contributed by atoms with van der Waals surface area (Å²) in [7, 11) is 0. The highest BCUT2D eigenvalue weighted by Crippen LogP contribution is 2.20. The van der Waals surface area contributed by atoms with Crippen molar-refractivity contribution in [3.63, 3.8) is 0 Å². The first kappa shape index (κ1) is 12.8. The molecule has 0 saturated heterocycles. The summed E-state index contributed by atoms with van der Waals surface area (Å²) in [6.07, 6.45) is 1.62. The van der Waals surface area contributed by atoms with Crippen molar-refractivity contribution < 1.29 is 14.2 Å². The van der Waals surface area contributed by atoms with Gasteiger partial charge in [0, 0.05) is 24.9 Å². The van der Waals surface area contributed by atoms with E-state index in [0.29, 0.717) is 6.61 Å². The Morgan fingerprint density at radius 3 is 2.81 bits per heavy atom. The molecule has 0 radical (unpaired) electrons. The van der Waals surface area contributed by atoms with Gasteiger partial charge in [-0.15, -0.1) is 0 Å². The molecule has 1 aromatic rings. The summed E-state index contributed by atoms with van der Waals surface area (Å²) >= 11 is 0. The molecule has 4 heteroatoms. The number of unbranched alkanes of at least 4 members (excludes halogenated alkanes) is 1. The van der Waals surface area contributed by atoms with Gasteiger partial charge in [-0.05, 0) is 31.9 Å². The highest BCUT2D eigenvalue weighted by Gasteiger charge is 2.03. The van der Waals surface area contributed by atoms with Gasteiger partial charge in [-0.25, -0.2) is 4.39 Å². The molecule has 0 aliphatic heterocycles. The van der Waals surface area contributed by atoms with E-state index in [0.717, 1.165) is 25.1 Å². The molecule has 1 rings (SSSR count). The van der Waals surface area contributed by atoms with Crippen LogP contribution in [0.3, 0.4) is 0 Å². The molecule has 0 aromatic heterocycles. The first-order valence-corrected chi connectivity index (χ1v) is 5.55. The lowest BCUT2D eigenvalue weighted by Gasteiger charge is -2.08. The molecule has 0 heterocycles. The van der Waals surface area contributed by atoms with Gasteiger partial charge in [-0.1, -0.05) is 0 Å². The first-order chi connectivity index (χ1) is 7.77. The number of halogens is 1. The molecular weight excluding hydrogens is 209 g/mol. The van der Waals surface area contributed by atoms with Crippen LogP contribution in [0.25, 0.3) is 0 Å². The molecule has 0 fully saturated rings. The van der Waals surface area contributed by atoms with Gasteiger partial charge < -0.3 is 15.2 Å². The van der Waals surface area contributed by atoms with E-state index in [1.165, 1.54) is 6.07 Å². The Morgan fingerprint density at radius 2 is 2.19 bits per heavy atom. The first-order valence-electron chi connectivity index (χ1n) is 5.55. The summed E-state index contributed by atoms with van der Waals surface area (Å²) in [5.74, 6) is -0.0718. The number of rotatable bonds is 7. The third-order valence-corrected chi connectivity index (χ3v) is 2.15. The highest BCUT2D eigenvalue weighted by atomic mass is 19.1. The maximum Gasteiger partial charge on any atom is 0.167 e. The molecule has 0 aliphatic rings. The Hall–Kier alpha value is -1.29. The average molecular weight is 227 g/mol. The van der Waals surface area contributed by atoms with E-state index in [1.807, 2.05) is 6.92 Å². The Bertz CT molecular complexity index is 318. The summed E-state index contributed by atoms with van der Waals surface area (Å²) in [4.78, 5) is 0. The molecule has 16 heavy (non-hydrogen) atoms. The Labute approximate surface area is 95.2 Å². The van der Waals surface area contributed by atoms with Gasteiger partial charge in [0.1, 0.15) is 0 Å². The van der Waals surface area contributed by atoms with Crippen molar-refractivity contribution in [2.75, 3.05) is 25.1 Å². The van der Waals surface area contributed by atoms with Crippen LogP contribution in [0.5, 0.6) is 5.75 Å². The van der Waals surface area contributed by atoms with E-state index in [1.54, 1.807) is 12.1 Å². The molecule has 1 aromatic carbocycles. The Kier molecular flexibility index (Phi) is 5.64. The number of aliphatic hydroxyl groups excluding tert-OH is 1. The van der Waals surface area contributed by atoms with Crippen molar-refractivity contribution in [1.82, 2.24) is 0 Å². The lowest BCUT2D eigenvalue weighted by molar-refractivity contribution is 0.286. The van der Waals surface area contributed by atoms with Gasteiger partial charge >= 0.3 is 0 Å². The quantitative estimate of drug-likeness (QED) is 0.703. The molecule has 0 saturated carbocycles.